The Kier molecular flexibility index (Phi) is 5.74. The molecule has 0 amide bonds. The van der Waals surface area contributed by atoms with Crippen LogP contribution in [0.15, 0.2) is 64.3 Å². The topological polar surface area (TPSA) is 91.9 Å². The molecule has 0 saturated carbocycles. The van der Waals surface area contributed by atoms with Crippen molar-refractivity contribution in [2.45, 2.75) is 24.8 Å². The van der Waals surface area contributed by atoms with Gasteiger partial charge in [-0.25, -0.2) is 18.2 Å². The molecular weight excluding hydrogens is 386 g/mol. The number of hydrogen-bond donors (Lipinski definition) is 2. The Morgan fingerprint density at radius 2 is 1.67 bits per heavy atom. The Morgan fingerprint density at radius 3 is 2.33 bits per heavy atom. The summed E-state index contributed by atoms with van der Waals surface area (Å²) in [6.07, 6.45) is 0.400. The number of sulfonamides is 1. The van der Waals surface area contributed by atoms with E-state index in [1.54, 1.807) is 49.4 Å². The fourth-order valence-electron chi connectivity index (χ4n) is 2.56. The van der Waals surface area contributed by atoms with Crippen LogP contribution < -0.4 is 10.3 Å². The maximum absolute atomic E-state index is 12.4. The molecular formula is C19H18ClN3O3S. The molecule has 3 aromatic rings. The molecule has 2 aromatic carbocycles. The SMILES string of the molecule is Cc1cc(Cc2ccc(S(=O)(=O)NCc3ccc(Cl)cc3)cc2)c(=O)[nH]n1. The van der Waals surface area contributed by atoms with Crippen molar-refractivity contribution in [3.05, 3.63) is 92.4 Å². The molecule has 0 radical (unpaired) electrons. The summed E-state index contributed by atoms with van der Waals surface area (Å²) in [4.78, 5) is 12.0. The summed E-state index contributed by atoms with van der Waals surface area (Å²) in [6.45, 7) is 1.97. The summed E-state index contributed by atoms with van der Waals surface area (Å²) in [5.41, 5.74) is 2.70. The third-order valence-corrected chi connectivity index (χ3v) is 5.69. The molecule has 1 aromatic heterocycles. The zero-order valence-electron chi connectivity index (χ0n) is 14.6. The first kappa shape index (κ1) is 19.3. The number of nitrogens with zero attached hydrogens (tertiary/aromatic N) is 1. The zero-order valence-corrected chi connectivity index (χ0v) is 16.1. The summed E-state index contributed by atoms with van der Waals surface area (Å²) in [6, 6.07) is 15.1. The second-order valence-electron chi connectivity index (χ2n) is 6.14. The minimum atomic E-state index is -3.63. The zero-order chi connectivity index (χ0) is 19.4. The molecule has 0 aliphatic carbocycles. The van der Waals surface area contributed by atoms with E-state index in [0.717, 1.165) is 16.8 Å². The van der Waals surface area contributed by atoms with Gasteiger partial charge in [-0.1, -0.05) is 35.9 Å². The highest BCUT2D eigenvalue weighted by Crippen LogP contribution is 2.14. The molecule has 27 heavy (non-hydrogen) atoms. The van der Waals surface area contributed by atoms with Gasteiger partial charge in [0.2, 0.25) is 10.0 Å². The minimum absolute atomic E-state index is 0.167. The van der Waals surface area contributed by atoms with Crippen LogP contribution in [-0.2, 0) is 23.0 Å². The normalized spacial score (nSPS) is 11.5. The third-order valence-electron chi connectivity index (χ3n) is 4.02. The number of hydrogen-bond acceptors (Lipinski definition) is 4. The lowest BCUT2D eigenvalue weighted by atomic mass is 10.1. The molecule has 0 aliphatic rings. The van der Waals surface area contributed by atoms with Crippen molar-refractivity contribution in [3.8, 4) is 0 Å². The number of aryl methyl sites for hydroxylation is 1. The van der Waals surface area contributed by atoms with Gasteiger partial charge in [-0.05, 0) is 48.4 Å². The first-order chi connectivity index (χ1) is 12.8. The van der Waals surface area contributed by atoms with Crippen LogP contribution in [0.3, 0.4) is 0 Å². The predicted molar refractivity (Wildman–Crippen MR) is 104 cm³/mol. The Labute approximate surface area is 162 Å². The fraction of sp³-hybridized carbons (Fsp3) is 0.158. The first-order valence-electron chi connectivity index (χ1n) is 8.22. The van der Waals surface area contributed by atoms with Crippen molar-refractivity contribution in [2.24, 2.45) is 0 Å². The van der Waals surface area contributed by atoms with Gasteiger partial charge in [-0.3, -0.25) is 4.79 Å². The third kappa shape index (κ3) is 5.03. The van der Waals surface area contributed by atoms with Crippen LogP contribution in [0.1, 0.15) is 22.4 Å². The minimum Gasteiger partial charge on any atom is -0.268 e. The number of halogens is 1. The number of rotatable bonds is 6. The predicted octanol–water partition coefficient (Wildman–Crippen LogP) is 2.80. The van der Waals surface area contributed by atoms with E-state index < -0.39 is 10.0 Å². The van der Waals surface area contributed by atoms with E-state index in [1.807, 2.05) is 0 Å². The molecule has 0 bridgehead atoms. The van der Waals surface area contributed by atoms with E-state index >= 15 is 0 Å². The van der Waals surface area contributed by atoms with Crippen LogP contribution in [0.2, 0.25) is 5.02 Å². The molecule has 0 atom stereocenters. The van der Waals surface area contributed by atoms with E-state index in [9.17, 15) is 13.2 Å². The molecule has 2 N–H and O–H groups in total. The van der Waals surface area contributed by atoms with Gasteiger partial charge < -0.3 is 0 Å². The quantitative estimate of drug-likeness (QED) is 0.662. The van der Waals surface area contributed by atoms with E-state index in [0.29, 0.717) is 17.0 Å². The first-order valence-corrected chi connectivity index (χ1v) is 10.1. The molecule has 1 heterocycles. The smallest absolute Gasteiger partial charge is 0.267 e. The maximum atomic E-state index is 12.4. The summed E-state index contributed by atoms with van der Waals surface area (Å²) < 4.78 is 27.4. The van der Waals surface area contributed by atoms with Crippen molar-refractivity contribution in [2.75, 3.05) is 0 Å². The van der Waals surface area contributed by atoms with E-state index in [-0.39, 0.29) is 17.0 Å². The van der Waals surface area contributed by atoms with Gasteiger partial charge in [0.05, 0.1) is 10.6 Å². The van der Waals surface area contributed by atoms with Crippen molar-refractivity contribution in [3.63, 3.8) is 0 Å². The lowest BCUT2D eigenvalue weighted by Crippen LogP contribution is -2.23. The number of aromatic amines is 1. The number of H-pyrrole nitrogens is 1. The van der Waals surface area contributed by atoms with Crippen LogP contribution in [0.5, 0.6) is 0 Å². The van der Waals surface area contributed by atoms with E-state index in [1.165, 1.54) is 12.1 Å². The van der Waals surface area contributed by atoms with Gasteiger partial charge in [-0.15, -0.1) is 0 Å². The van der Waals surface area contributed by atoms with Crippen LogP contribution in [-0.4, -0.2) is 18.6 Å². The molecule has 0 unspecified atom stereocenters. The molecule has 6 nitrogen and oxygen atoms in total. The molecule has 8 heteroatoms. The summed E-state index contributed by atoms with van der Waals surface area (Å²) in [5.74, 6) is 0. The lowest BCUT2D eigenvalue weighted by Gasteiger charge is -2.08. The number of nitrogens with one attached hydrogen (secondary N) is 2. The van der Waals surface area contributed by atoms with E-state index in [2.05, 4.69) is 14.9 Å². The van der Waals surface area contributed by atoms with Gasteiger partial charge in [0.25, 0.3) is 5.56 Å². The highest BCUT2D eigenvalue weighted by Gasteiger charge is 2.14. The monoisotopic (exact) mass is 403 g/mol. The van der Waals surface area contributed by atoms with Crippen molar-refractivity contribution in [1.82, 2.24) is 14.9 Å². The van der Waals surface area contributed by atoms with E-state index in [4.69, 9.17) is 11.6 Å². The largest absolute Gasteiger partial charge is 0.268 e. The van der Waals surface area contributed by atoms with Crippen LogP contribution in [0.4, 0.5) is 0 Å². The highest BCUT2D eigenvalue weighted by molar-refractivity contribution is 7.89. The highest BCUT2D eigenvalue weighted by atomic mass is 35.5. The maximum Gasteiger partial charge on any atom is 0.267 e. The van der Waals surface area contributed by atoms with Crippen molar-refractivity contribution < 1.29 is 8.42 Å². The Balaban J connectivity index is 1.70. The summed E-state index contributed by atoms with van der Waals surface area (Å²) in [7, 11) is -3.63. The van der Waals surface area contributed by atoms with Crippen molar-refractivity contribution in [1.29, 1.82) is 0 Å². The number of aromatic nitrogens is 2. The van der Waals surface area contributed by atoms with Gasteiger partial charge in [-0.2, -0.15) is 5.10 Å². The Bertz CT molecular complexity index is 1090. The second kappa shape index (κ2) is 8.04. The summed E-state index contributed by atoms with van der Waals surface area (Å²) in [5, 5.41) is 6.88. The Morgan fingerprint density at radius 1 is 1.04 bits per heavy atom. The van der Waals surface area contributed by atoms with Gasteiger partial charge in [0.15, 0.2) is 0 Å². The fourth-order valence-corrected chi connectivity index (χ4v) is 3.71. The summed E-state index contributed by atoms with van der Waals surface area (Å²) >= 11 is 5.83. The van der Waals surface area contributed by atoms with Crippen LogP contribution in [0, 0.1) is 6.92 Å². The standard InChI is InChI=1S/C19H18ClN3O3S/c1-13-10-16(19(24)23-22-13)11-14-4-8-18(9-5-14)27(25,26)21-12-15-2-6-17(20)7-3-15/h2-10,21H,11-12H2,1H3,(H,23,24). The van der Waals surface area contributed by atoms with Gasteiger partial charge in [0, 0.05) is 23.6 Å². The van der Waals surface area contributed by atoms with Crippen molar-refractivity contribution >= 4 is 21.6 Å². The van der Waals surface area contributed by atoms with Crippen LogP contribution in [0.25, 0.3) is 0 Å². The molecule has 140 valence electrons. The average Bonchev–Trinajstić information content (AvgIpc) is 2.65. The molecule has 0 spiro atoms. The van der Waals surface area contributed by atoms with Gasteiger partial charge in [0.1, 0.15) is 0 Å². The average molecular weight is 404 g/mol. The van der Waals surface area contributed by atoms with Crippen LogP contribution >= 0.6 is 11.6 Å². The molecule has 0 aliphatic heterocycles. The molecule has 0 fully saturated rings. The Hall–Kier alpha value is -2.48. The molecule has 0 saturated heterocycles. The number of benzene rings is 2. The second-order valence-corrected chi connectivity index (χ2v) is 8.34. The lowest BCUT2D eigenvalue weighted by molar-refractivity contribution is 0.581. The molecule has 3 rings (SSSR count). The van der Waals surface area contributed by atoms with Gasteiger partial charge >= 0.3 is 0 Å².